The van der Waals surface area contributed by atoms with E-state index in [9.17, 15) is 18.0 Å². The largest absolute Gasteiger partial charge is 0.348 e. The second-order valence-corrected chi connectivity index (χ2v) is 12.6. The molecule has 180 valence electrons. The van der Waals surface area contributed by atoms with Crippen LogP contribution in [0.2, 0.25) is 10.0 Å². The third-order valence-electron chi connectivity index (χ3n) is 6.68. The summed E-state index contributed by atoms with van der Waals surface area (Å²) in [4.78, 5) is 27.2. The fourth-order valence-corrected chi connectivity index (χ4v) is 7.02. The number of anilines is 1. The summed E-state index contributed by atoms with van der Waals surface area (Å²) in [6.45, 7) is 0. The van der Waals surface area contributed by atoms with Gasteiger partial charge in [-0.2, -0.15) is 0 Å². The molecule has 2 N–H and O–H groups in total. The number of carbonyl (C=O) groups is 2. The van der Waals surface area contributed by atoms with E-state index in [0.717, 1.165) is 6.26 Å². The first-order valence-corrected chi connectivity index (χ1v) is 14.1. The molecular weight excluding hydrogens is 575 g/mol. The van der Waals surface area contributed by atoms with Crippen molar-refractivity contribution >= 4 is 66.5 Å². The standard InChI is InChI=1S/C25H19BrCl2N2O4S/c1-35(33,34)21-8-5-14(26)10-17(21)23-25(18-7-6-16(28)11-20(18)29-24(25)32)19(12-22(31)30-23)13-3-2-4-15(27)9-13/h2-11,19,23H,12H2,1H3,(H,29,32)(H,30,31)/t19-,23-,25-/m0/s1. The van der Waals surface area contributed by atoms with E-state index in [0.29, 0.717) is 36.9 Å². The van der Waals surface area contributed by atoms with Gasteiger partial charge in [0.2, 0.25) is 11.8 Å². The highest BCUT2D eigenvalue weighted by molar-refractivity contribution is 9.10. The van der Waals surface area contributed by atoms with Gasteiger partial charge in [0.1, 0.15) is 5.41 Å². The summed E-state index contributed by atoms with van der Waals surface area (Å²) < 4.78 is 26.2. The number of carbonyl (C=O) groups excluding carboxylic acids is 2. The van der Waals surface area contributed by atoms with Crippen molar-refractivity contribution in [2.24, 2.45) is 0 Å². The first-order valence-electron chi connectivity index (χ1n) is 10.7. The van der Waals surface area contributed by atoms with Gasteiger partial charge in [-0.15, -0.1) is 0 Å². The number of rotatable bonds is 3. The molecule has 3 aromatic rings. The first-order chi connectivity index (χ1) is 16.5. The van der Waals surface area contributed by atoms with Gasteiger partial charge < -0.3 is 10.6 Å². The van der Waals surface area contributed by atoms with Gasteiger partial charge in [-0.1, -0.05) is 57.3 Å². The number of hydrogen-bond acceptors (Lipinski definition) is 4. The van der Waals surface area contributed by atoms with Crippen LogP contribution in [-0.2, 0) is 24.8 Å². The van der Waals surface area contributed by atoms with E-state index in [-0.39, 0.29) is 23.1 Å². The van der Waals surface area contributed by atoms with Crippen molar-refractivity contribution in [2.75, 3.05) is 11.6 Å². The topological polar surface area (TPSA) is 92.3 Å². The molecule has 2 aliphatic rings. The van der Waals surface area contributed by atoms with Crippen LogP contribution in [0.5, 0.6) is 0 Å². The summed E-state index contributed by atoms with van der Waals surface area (Å²) in [7, 11) is -3.70. The molecule has 0 bridgehead atoms. The van der Waals surface area contributed by atoms with Crippen molar-refractivity contribution in [1.82, 2.24) is 5.32 Å². The first kappa shape index (κ1) is 24.3. The molecule has 2 amide bonds. The van der Waals surface area contributed by atoms with Crippen molar-refractivity contribution < 1.29 is 18.0 Å². The molecule has 2 aliphatic heterocycles. The Hall–Kier alpha value is -2.39. The predicted octanol–water partition coefficient (Wildman–Crippen LogP) is 5.39. The molecule has 1 saturated heterocycles. The summed E-state index contributed by atoms with van der Waals surface area (Å²) in [6, 6.07) is 15.9. The van der Waals surface area contributed by atoms with Crippen LogP contribution in [0.3, 0.4) is 0 Å². The molecule has 0 aliphatic carbocycles. The monoisotopic (exact) mass is 592 g/mol. The Kier molecular flexibility index (Phi) is 5.99. The number of amides is 2. The van der Waals surface area contributed by atoms with Gasteiger partial charge in [-0.3, -0.25) is 9.59 Å². The zero-order chi connectivity index (χ0) is 25.1. The maximum Gasteiger partial charge on any atom is 0.238 e. The number of benzene rings is 3. The Bertz CT molecular complexity index is 1510. The van der Waals surface area contributed by atoms with Gasteiger partial charge in [0, 0.05) is 38.8 Å². The van der Waals surface area contributed by atoms with Crippen LogP contribution < -0.4 is 10.6 Å². The number of halogens is 3. The Morgan fingerprint density at radius 2 is 1.74 bits per heavy atom. The summed E-state index contributed by atoms with van der Waals surface area (Å²) in [6.07, 6.45) is 1.11. The van der Waals surface area contributed by atoms with Gasteiger partial charge in [0.15, 0.2) is 9.84 Å². The number of sulfone groups is 1. The third kappa shape index (κ3) is 3.96. The molecule has 1 spiro atoms. The average Bonchev–Trinajstić information content (AvgIpc) is 3.05. The molecule has 3 aromatic carbocycles. The predicted molar refractivity (Wildman–Crippen MR) is 139 cm³/mol. The molecule has 6 nitrogen and oxygen atoms in total. The molecule has 0 saturated carbocycles. The maximum atomic E-state index is 14.0. The fraction of sp³-hybridized carbons (Fsp3) is 0.200. The Labute approximate surface area is 221 Å². The number of fused-ring (bicyclic) bond motifs is 2. The Morgan fingerprint density at radius 3 is 2.46 bits per heavy atom. The highest BCUT2D eigenvalue weighted by Gasteiger charge is 2.61. The van der Waals surface area contributed by atoms with Crippen LogP contribution in [-0.4, -0.2) is 26.5 Å². The minimum absolute atomic E-state index is 0.00847. The fourth-order valence-electron chi connectivity index (χ4n) is 5.35. The molecule has 2 heterocycles. The lowest BCUT2D eigenvalue weighted by Gasteiger charge is -2.46. The summed E-state index contributed by atoms with van der Waals surface area (Å²) >= 11 is 16.0. The molecule has 5 rings (SSSR count). The summed E-state index contributed by atoms with van der Waals surface area (Å²) in [5, 5.41) is 6.79. The van der Waals surface area contributed by atoms with Gasteiger partial charge in [-0.25, -0.2) is 8.42 Å². The van der Waals surface area contributed by atoms with E-state index in [1.165, 1.54) is 6.07 Å². The molecule has 0 radical (unpaired) electrons. The van der Waals surface area contributed by atoms with Crippen molar-refractivity contribution in [3.63, 3.8) is 0 Å². The number of piperidine rings is 1. The van der Waals surface area contributed by atoms with Gasteiger partial charge in [-0.05, 0) is 59.2 Å². The van der Waals surface area contributed by atoms with Crippen LogP contribution in [0.25, 0.3) is 0 Å². The summed E-state index contributed by atoms with van der Waals surface area (Å²) in [5.41, 5.74) is 0.803. The maximum absolute atomic E-state index is 14.0. The zero-order valence-electron chi connectivity index (χ0n) is 18.3. The van der Waals surface area contributed by atoms with E-state index in [1.54, 1.807) is 48.5 Å². The van der Waals surface area contributed by atoms with Crippen molar-refractivity contribution in [3.05, 3.63) is 91.9 Å². The Balaban J connectivity index is 1.87. The molecule has 1 fully saturated rings. The molecule has 35 heavy (non-hydrogen) atoms. The van der Waals surface area contributed by atoms with E-state index in [4.69, 9.17) is 23.2 Å². The normalized spacial score (nSPS) is 23.7. The lowest BCUT2D eigenvalue weighted by molar-refractivity contribution is -0.131. The average molecular weight is 594 g/mol. The lowest BCUT2D eigenvalue weighted by Crippen LogP contribution is -2.57. The van der Waals surface area contributed by atoms with Crippen LogP contribution in [0.4, 0.5) is 5.69 Å². The van der Waals surface area contributed by atoms with E-state index in [2.05, 4.69) is 26.6 Å². The molecule has 0 aromatic heterocycles. The zero-order valence-corrected chi connectivity index (χ0v) is 22.2. The Morgan fingerprint density at radius 1 is 1.00 bits per heavy atom. The number of nitrogens with one attached hydrogen (secondary N) is 2. The van der Waals surface area contributed by atoms with Crippen molar-refractivity contribution in [1.29, 1.82) is 0 Å². The minimum atomic E-state index is -3.70. The molecular formula is C25H19BrCl2N2O4S. The van der Waals surface area contributed by atoms with Crippen LogP contribution >= 0.6 is 39.1 Å². The summed E-state index contributed by atoms with van der Waals surface area (Å²) in [5.74, 6) is -1.29. The second kappa shape index (κ2) is 8.62. The van der Waals surface area contributed by atoms with Gasteiger partial charge >= 0.3 is 0 Å². The highest BCUT2D eigenvalue weighted by atomic mass is 79.9. The lowest BCUT2D eigenvalue weighted by atomic mass is 9.59. The van der Waals surface area contributed by atoms with Crippen LogP contribution in [0.1, 0.15) is 35.1 Å². The van der Waals surface area contributed by atoms with Crippen LogP contribution in [0.15, 0.2) is 70.0 Å². The second-order valence-electron chi connectivity index (χ2n) is 8.78. The smallest absolute Gasteiger partial charge is 0.238 e. The van der Waals surface area contributed by atoms with Gasteiger partial charge in [0.05, 0.1) is 10.9 Å². The highest BCUT2D eigenvalue weighted by Crippen LogP contribution is 2.58. The van der Waals surface area contributed by atoms with E-state index < -0.39 is 27.2 Å². The quantitative estimate of drug-likeness (QED) is 0.426. The number of hydrogen-bond donors (Lipinski definition) is 2. The van der Waals surface area contributed by atoms with E-state index in [1.807, 2.05) is 6.07 Å². The SMILES string of the molecule is CS(=O)(=O)c1ccc(Br)cc1[C@@H]1NC(=O)C[C@@H](c2cccc(Cl)c2)[C@]12C(=O)Nc1cc(Cl)ccc12. The molecule has 3 atom stereocenters. The van der Waals surface area contributed by atoms with E-state index >= 15 is 0 Å². The minimum Gasteiger partial charge on any atom is -0.348 e. The third-order valence-corrected chi connectivity index (χ3v) is 8.82. The molecule has 10 heteroatoms. The van der Waals surface area contributed by atoms with Crippen LogP contribution in [0, 0.1) is 0 Å². The van der Waals surface area contributed by atoms with Gasteiger partial charge in [0.25, 0.3) is 0 Å². The molecule has 0 unspecified atom stereocenters. The van der Waals surface area contributed by atoms with Crippen molar-refractivity contribution in [3.8, 4) is 0 Å². The van der Waals surface area contributed by atoms with Crippen molar-refractivity contribution in [2.45, 2.75) is 28.7 Å².